The number of halogens is 1. The van der Waals surface area contributed by atoms with Crippen LogP contribution in [0.2, 0.25) is 0 Å². The Labute approximate surface area is 262 Å². The monoisotopic (exact) mass is 661 g/mol. The summed E-state index contributed by atoms with van der Waals surface area (Å²) in [4.78, 5) is 29.7. The van der Waals surface area contributed by atoms with Crippen LogP contribution in [0, 0.1) is 6.92 Å². The van der Waals surface area contributed by atoms with E-state index in [1.54, 1.807) is 36.4 Å². The molecule has 0 saturated carbocycles. The Kier molecular flexibility index (Phi) is 11.1. The maximum absolute atomic E-state index is 14.4. The van der Waals surface area contributed by atoms with Gasteiger partial charge in [-0.1, -0.05) is 95.7 Å². The first kappa shape index (κ1) is 32.0. The predicted molar refractivity (Wildman–Crippen MR) is 174 cm³/mol. The molecule has 0 heterocycles. The molecule has 9 heteroatoms. The van der Waals surface area contributed by atoms with Crippen LogP contribution in [0.1, 0.15) is 30.0 Å². The molecular formula is C34H36BrN3O4S. The average Bonchev–Trinajstić information content (AvgIpc) is 3.02. The van der Waals surface area contributed by atoms with Crippen LogP contribution in [0.3, 0.4) is 0 Å². The molecule has 0 aromatic heterocycles. The number of nitrogens with one attached hydrogen (secondary N) is 1. The third-order valence-corrected chi connectivity index (χ3v) is 9.30. The number of benzene rings is 4. The van der Waals surface area contributed by atoms with E-state index in [1.807, 2.05) is 74.5 Å². The summed E-state index contributed by atoms with van der Waals surface area (Å²) in [5.74, 6) is -0.777. The highest BCUT2D eigenvalue weighted by Crippen LogP contribution is 2.26. The number of amides is 2. The number of carbonyl (C=O) groups is 2. The molecule has 1 unspecified atom stereocenters. The summed E-state index contributed by atoms with van der Waals surface area (Å²) >= 11 is 3.46. The molecule has 0 spiro atoms. The predicted octanol–water partition coefficient (Wildman–Crippen LogP) is 6.12. The Balaban J connectivity index is 1.78. The molecule has 7 nitrogen and oxygen atoms in total. The third-order valence-electron chi connectivity index (χ3n) is 6.99. The lowest BCUT2D eigenvalue weighted by atomic mass is 10.0. The second-order valence-corrected chi connectivity index (χ2v) is 13.1. The first-order valence-electron chi connectivity index (χ1n) is 14.2. The maximum Gasteiger partial charge on any atom is 0.264 e. The SMILES string of the molecule is CCCNC(=O)C(Cc1ccccc1)N(Cc1ccc(Br)cc1)C(=O)CN(c1cccc(C)c1)S(=O)(=O)c1ccccc1. The van der Waals surface area contributed by atoms with Gasteiger partial charge >= 0.3 is 0 Å². The molecule has 0 aliphatic rings. The van der Waals surface area contributed by atoms with Gasteiger partial charge in [0.2, 0.25) is 11.8 Å². The molecule has 4 rings (SSSR count). The molecule has 2 amide bonds. The fourth-order valence-corrected chi connectivity index (χ4v) is 6.43. The van der Waals surface area contributed by atoms with Crippen LogP contribution in [-0.4, -0.2) is 44.3 Å². The van der Waals surface area contributed by atoms with E-state index in [1.165, 1.54) is 17.0 Å². The zero-order chi connectivity index (χ0) is 30.8. The van der Waals surface area contributed by atoms with E-state index in [9.17, 15) is 18.0 Å². The minimum Gasteiger partial charge on any atom is -0.354 e. The fourth-order valence-electron chi connectivity index (χ4n) is 4.74. The second kappa shape index (κ2) is 15.0. The van der Waals surface area contributed by atoms with Crippen molar-refractivity contribution in [2.24, 2.45) is 0 Å². The second-order valence-electron chi connectivity index (χ2n) is 10.3. The summed E-state index contributed by atoms with van der Waals surface area (Å²) in [6, 6.07) is 31.3. The van der Waals surface area contributed by atoms with Crippen molar-refractivity contribution in [2.75, 3.05) is 17.4 Å². The molecule has 224 valence electrons. The van der Waals surface area contributed by atoms with Gasteiger partial charge in [-0.15, -0.1) is 0 Å². The lowest BCUT2D eigenvalue weighted by molar-refractivity contribution is -0.140. The summed E-state index contributed by atoms with van der Waals surface area (Å²) in [6.45, 7) is 3.93. The summed E-state index contributed by atoms with van der Waals surface area (Å²) in [6.07, 6.45) is 1.01. The Morgan fingerprint density at radius 1 is 0.837 bits per heavy atom. The van der Waals surface area contributed by atoms with Crippen LogP contribution >= 0.6 is 15.9 Å². The molecule has 0 aliphatic carbocycles. The first-order valence-corrected chi connectivity index (χ1v) is 16.4. The van der Waals surface area contributed by atoms with Gasteiger partial charge < -0.3 is 10.2 Å². The molecule has 4 aromatic rings. The fraction of sp³-hybridized carbons (Fsp3) is 0.235. The molecule has 4 aromatic carbocycles. The smallest absolute Gasteiger partial charge is 0.264 e. The first-order chi connectivity index (χ1) is 20.7. The number of aryl methyl sites for hydroxylation is 1. The number of hydrogen-bond acceptors (Lipinski definition) is 4. The van der Waals surface area contributed by atoms with Crippen molar-refractivity contribution in [3.63, 3.8) is 0 Å². The zero-order valence-electron chi connectivity index (χ0n) is 24.3. The van der Waals surface area contributed by atoms with Crippen LogP contribution in [0.5, 0.6) is 0 Å². The van der Waals surface area contributed by atoms with E-state index in [0.29, 0.717) is 12.2 Å². The summed E-state index contributed by atoms with van der Waals surface area (Å²) in [5, 5.41) is 2.96. The topological polar surface area (TPSA) is 86.8 Å². The van der Waals surface area contributed by atoms with Gasteiger partial charge in [-0.05, 0) is 66.4 Å². The lowest BCUT2D eigenvalue weighted by Gasteiger charge is -2.34. The highest BCUT2D eigenvalue weighted by atomic mass is 79.9. The van der Waals surface area contributed by atoms with Crippen molar-refractivity contribution in [2.45, 2.75) is 44.2 Å². The number of anilines is 1. The molecule has 0 saturated heterocycles. The number of hydrogen-bond donors (Lipinski definition) is 1. The van der Waals surface area contributed by atoms with E-state index < -0.39 is 28.5 Å². The normalized spacial score (nSPS) is 11.9. The van der Waals surface area contributed by atoms with Crippen LogP contribution in [-0.2, 0) is 32.6 Å². The highest BCUT2D eigenvalue weighted by Gasteiger charge is 2.34. The molecule has 0 aliphatic heterocycles. The van der Waals surface area contributed by atoms with Gasteiger partial charge in [0.15, 0.2) is 0 Å². The summed E-state index contributed by atoms with van der Waals surface area (Å²) in [7, 11) is -4.12. The lowest BCUT2D eigenvalue weighted by Crippen LogP contribution is -2.53. The minimum atomic E-state index is -4.12. The van der Waals surface area contributed by atoms with Gasteiger partial charge in [0, 0.05) is 24.0 Å². The molecular weight excluding hydrogens is 626 g/mol. The van der Waals surface area contributed by atoms with E-state index >= 15 is 0 Å². The number of carbonyl (C=O) groups excluding carboxylic acids is 2. The van der Waals surface area contributed by atoms with Crippen molar-refractivity contribution >= 4 is 43.5 Å². The quantitative estimate of drug-likeness (QED) is 0.187. The van der Waals surface area contributed by atoms with Gasteiger partial charge in [0.05, 0.1) is 10.6 Å². The largest absolute Gasteiger partial charge is 0.354 e. The van der Waals surface area contributed by atoms with Gasteiger partial charge in [-0.2, -0.15) is 0 Å². The van der Waals surface area contributed by atoms with Crippen molar-refractivity contribution in [1.29, 1.82) is 0 Å². The van der Waals surface area contributed by atoms with E-state index in [-0.39, 0.29) is 23.8 Å². The molecule has 43 heavy (non-hydrogen) atoms. The highest BCUT2D eigenvalue weighted by molar-refractivity contribution is 9.10. The average molecular weight is 663 g/mol. The van der Waals surface area contributed by atoms with Crippen molar-refractivity contribution in [3.8, 4) is 0 Å². The van der Waals surface area contributed by atoms with Gasteiger partial charge in [-0.3, -0.25) is 13.9 Å². The Bertz CT molecular complexity index is 1610. The van der Waals surface area contributed by atoms with Crippen LogP contribution < -0.4 is 9.62 Å². The Morgan fingerprint density at radius 3 is 2.12 bits per heavy atom. The van der Waals surface area contributed by atoms with E-state index in [0.717, 1.165) is 31.9 Å². The molecule has 0 fully saturated rings. The molecule has 0 radical (unpaired) electrons. The van der Waals surface area contributed by atoms with Crippen molar-refractivity contribution in [1.82, 2.24) is 10.2 Å². The van der Waals surface area contributed by atoms with Crippen molar-refractivity contribution < 1.29 is 18.0 Å². The summed E-state index contributed by atoms with van der Waals surface area (Å²) in [5.41, 5.74) is 2.92. The van der Waals surface area contributed by atoms with Gasteiger partial charge in [-0.25, -0.2) is 8.42 Å². The molecule has 1 atom stereocenters. The van der Waals surface area contributed by atoms with E-state index in [2.05, 4.69) is 21.2 Å². The minimum absolute atomic E-state index is 0.0743. The van der Waals surface area contributed by atoms with Crippen LogP contribution in [0.4, 0.5) is 5.69 Å². The molecule has 1 N–H and O–H groups in total. The Hall–Kier alpha value is -3.95. The standard InChI is InChI=1S/C34H36BrN3O4S/c1-3-21-36-34(40)32(23-27-12-6-4-7-13-27)37(24-28-17-19-29(35)20-18-28)33(39)25-38(30-14-10-11-26(2)22-30)43(41,42)31-15-8-5-9-16-31/h4-20,22,32H,3,21,23-25H2,1-2H3,(H,36,40). The third kappa shape index (κ3) is 8.55. The molecule has 0 bridgehead atoms. The Morgan fingerprint density at radius 2 is 1.49 bits per heavy atom. The van der Waals surface area contributed by atoms with Crippen LogP contribution in [0.25, 0.3) is 0 Å². The summed E-state index contributed by atoms with van der Waals surface area (Å²) < 4.78 is 30.0. The van der Waals surface area contributed by atoms with Crippen molar-refractivity contribution in [3.05, 3.63) is 130 Å². The van der Waals surface area contributed by atoms with E-state index in [4.69, 9.17) is 0 Å². The van der Waals surface area contributed by atoms with Crippen LogP contribution in [0.15, 0.2) is 119 Å². The zero-order valence-corrected chi connectivity index (χ0v) is 26.7. The number of nitrogens with zero attached hydrogens (tertiary/aromatic N) is 2. The maximum atomic E-state index is 14.4. The van der Waals surface area contributed by atoms with Gasteiger partial charge in [0.25, 0.3) is 10.0 Å². The number of rotatable bonds is 13. The van der Waals surface area contributed by atoms with Gasteiger partial charge in [0.1, 0.15) is 12.6 Å². The number of sulfonamides is 1.